The number of benzene rings is 1. The molecule has 84 valence electrons. The lowest BCUT2D eigenvalue weighted by atomic mass is 10.1. The van der Waals surface area contributed by atoms with Crippen molar-refractivity contribution >= 4 is 15.9 Å². The molecule has 0 unspecified atom stereocenters. The minimum atomic E-state index is 0.443. The van der Waals surface area contributed by atoms with Crippen LogP contribution in [-0.4, -0.2) is 15.0 Å². The fraction of sp³-hybridized carbons (Fsp3) is 0.273. The van der Waals surface area contributed by atoms with Gasteiger partial charge in [0.2, 0.25) is 0 Å². The second-order valence-electron chi connectivity index (χ2n) is 3.55. The minimum absolute atomic E-state index is 0.443. The molecule has 0 amide bonds. The Kier molecular flexibility index (Phi) is 3.69. The summed E-state index contributed by atoms with van der Waals surface area (Å²) in [5.74, 6) is 0. The SMILES string of the molecule is NCc1cn(CCc2ccc(Br)cc2)nn1. The normalized spacial score (nSPS) is 10.6. The summed E-state index contributed by atoms with van der Waals surface area (Å²) in [5, 5.41) is 7.94. The zero-order valence-electron chi connectivity index (χ0n) is 8.81. The molecular weight excluding hydrogens is 268 g/mol. The van der Waals surface area contributed by atoms with Gasteiger partial charge in [-0.25, -0.2) is 0 Å². The molecule has 0 aliphatic heterocycles. The summed E-state index contributed by atoms with van der Waals surface area (Å²) in [6.07, 6.45) is 2.83. The van der Waals surface area contributed by atoms with Crippen LogP contribution in [0.25, 0.3) is 0 Å². The molecule has 0 fully saturated rings. The third-order valence-corrected chi connectivity index (χ3v) is 2.87. The van der Waals surface area contributed by atoms with Crippen molar-refractivity contribution in [3.63, 3.8) is 0 Å². The molecule has 0 atom stereocenters. The molecule has 0 saturated heterocycles. The molecule has 2 N–H and O–H groups in total. The average molecular weight is 281 g/mol. The highest BCUT2D eigenvalue weighted by Crippen LogP contribution is 2.11. The fourth-order valence-corrected chi connectivity index (χ4v) is 1.70. The summed E-state index contributed by atoms with van der Waals surface area (Å²) in [7, 11) is 0. The molecule has 2 aromatic rings. The van der Waals surface area contributed by atoms with Gasteiger partial charge in [0.05, 0.1) is 5.69 Å². The van der Waals surface area contributed by atoms with Crippen LogP contribution in [0, 0.1) is 0 Å². The quantitative estimate of drug-likeness (QED) is 0.928. The minimum Gasteiger partial charge on any atom is -0.325 e. The van der Waals surface area contributed by atoms with Crippen LogP contribution in [0.4, 0.5) is 0 Å². The second-order valence-corrected chi connectivity index (χ2v) is 4.47. The summed E-state index contributed by atoms with van der Waals surface area (Å²) < 4.78 is 2.92. The van der Waals surface area contributed by atoms with E-state index < -0.39 is 0 Å². The van der Waals surface area contributed by atoms with Crippen molar-refractivity contribution in [2.75, 3.05) is 0 Å². The first-order valence-electron chi connectivity index (χ1n) is 5.11. The maximum Gasteiger partial charge on any atom is 0.0962 e. The lowest BCUT2D eigenvalue weighted by Crippen LogP contribution is -2.02. The Morgan fingerprint density at radius 1 is 1.25 bits per heavy atom. The van der Waals surface area contributed by atoms with Gasteiger partial charge in [0.15, 0.2) is 0 Å². The van der Waals surface area contributed by atoms with Crippen LogP contribution in [0.1, 0.15) is 11.3 Å². The van der Waals surface area contributed by atoms with Crippen molar-refractivity contribution in [2.45, 2.75) is 19.5 Å². The Bertz CT molecular complexity index is 449. The van der Waals surface area contributed by atoms with E-state index in [1.54, 1.807) is 0 Å². The van der Waals surface area contributed by atoms with Crippen LogP contribution < -0.4 is 5.73 Å². The van der Waals surface area contributed by atoms with Crippen molar-refractivity contribution in [1.29, 1.82) is 0 Å². The van der Waals surface area contributed by atoms with Crippen molar-refractivity contribution in [2.24, 2.45) is 5.73 Å². The molecule has 0 bridgehead atoms. The maximum atomic E-state index is 5.47. The van der Waals surface area contributed by atoms with E-state index in [1.165, 1.54) is 5.56 Å². The zero-order valence-corrected chi connectivity index (χ0v) is 10.4. The predicted molar refractivity (Wildman–Crippen MR) is 65.8 cm³/mol. The van der Waals surface area contributed by atoms with Gasteiger partial charge in [-0.05, 0) is 24.1 Å². The van der Waals surface area contributed by atoms with Gasteiger partial charge >= 0.3 is 0 Å². The van der Waals surface area contributed by atoms with Crippen LogP contribution in [0.2, 0.25) is 0 Å². The molecule has 16 heavy (non-hydrogen) atoms. The average Bonchev–Trinajstić information content (AvgIpc) is 2.76. The topological polar surface area (TPSA) is 56.7 Å². The number of hydrogen-bond acceptors (Lipinski definition) is 3. The third-order valence-electron chi connectivity index (χ3n) is 2.34. The Balaban J connectivity index is 1.94. The molecular formula is C11H13BrN4. The fourth-order valence-electron chi connectivity index (χ4n) is 1.44. The molecule has 0 radical (unpaired) electrons. The van der Waals surface area contributed by atoms with Crippen LogP contribution in [0.3, 0.4) is 0 Å². The summed E-state index contributed by atoms with van der Waals surface area (Å²) in [4.78, 5) is 0. The number of rotatable bonds is 4. The highest BCUT2D eigenvalue weighted by atomic mass is 79.9. The smallest absolute Gasteiger partial charge is 0.0962 e. The van der Waals surface area contributed by atoms with E-state index in [1.807, 2.05) is 23.0 Å². The van der Waals surface area contributed by atoms with E-state index in [0.29, 0.717) is 6.54 Å². The van der Waals surface area contributed by atoms with Crippen molar-refractivity contribution in [1.82, 2.24) is 15.0 Å². The van der Waals surface area contributed by atoms with Gasteiger partial charge in [0, 0.05) is 23.8 Å². The van der Waals surface area contributed by atoms with E-state index in [0.717, 1.165) is 23.1 Å². The largest absolute Gasteiger partial charge is 0.325 e. The zero-order chi connectivity index (χ0) is 11.4. The van der Waals surface area contributed by atoms with Crippen LogP contribution in [0.5, 0.6) is 0 Å². The van der Waals surface area contributed by atoms with Crippen LogP contribution in [0.15, 0.2) is 34.9 Å². The van der Waals surface area contributed by atoms with Crippen molar-refractivity contribution in [3.8, 4) is 0 Å². The molecule has 0 saturated carbocycles. The molecule has 1 aromatic heterocycles. The summed E-state index contributed by atoms with van der Waals surface area (Å²) in [5.41, 5.74) is 7.58. The van der Waals surface area contributed by atoms with Gasteiger partial charge in [-0.2, -0.15) is 0 Å². The second kappa shape index (κ2) is 5.23. The third kappa shape index (κ3) is 2.90. The van der Waals surface area contributed by atoms with Gasteiger partial charge in [-0.1, -0.05) is 33.3 Å². The standard InChI is InChI=1S/C11H13BrN4/c12-10-3-1-9(2-4-10)5-6-16-8-11(7-13)14-15-16/h1-4,8H,5-7,13H2. The summed E-state index contributed by atoms with van der Waals surface area (Å²) >= 11 is 3.41. The number of aromatic nitrogens is 3. The van der Waals surface area contributed by atoms with E-state index in [2.05, 4.69) is 38.4 Å². The molecule has 1 aromatic carbocycles. The van der Waals surface area contributed by atoms with Crippen molar-refractivity contribution < 1.29 is 0 Å². The monoisotopic (exact) mass is 280 g/mol. The molecule has 5 heteroatoms. The molecule has 0 aliphatic rings. The molecule has 0 aliphatic carbocycles. The lowest BCUT2D eigenvalue weighted by Gasteiger charge is -2.01. The Morgan fingerprint density at radius 2 is 2.00 bits per heavy atom. The van der Waals surface area contributed by atoms with Crippen LogP contribution in [-0.2, 0) is 19.5 Å². The van der Waals surface area contributed by atoms with E-state index in [9.17, 15) is 0 Å². The predicted octanol–water partition coefficient (Wildman–Crippen LogP) is 1.74. The molecule has 2 rings (SSSR count). The van der Waals surface area contributed by atoms with Gasteiger partial charge in [0.1, 0.15) is 0 Å². The first kappa shape index (κ1) is 11.3. The first-order chi connectivity index (χ1) is 7.78. The highest BCUT2D eigenvalue weighted by Gasteiger charge is 1.99. The Labute approximate surface area is 103 Å². The van der Waals surface area contributed by atoms with Gasteiger partial charge in [0.25, 0.3) is 0 Å². The van der Waals surface area contributed by atoms with E-state index in [4.69, 9.17) is 5.73 Å². The Hall–Kier alpha value is -1.20. The maximum absolute atomic E-state index is 5.47. The first-order valence-corrected chi connectivity index (χ1v) is 5.91. The summed E-state index contributed by atoms with van der Waals surface area (Å²) in [6, 6.07) is 8.29. The highest BCUT2D eigenvalue weighted by molar-refractivity contribution is 9.10. The lowest BCUT2D eigenvalue weighted by molar-refractivity contribution is 0.589. The summed E-state index contributed by atoms with van der Waals surface area (Å²) in [6.45, 7) is 1.27. The number of aryl methyl sites for hydroxylation is 2. The number of nitrogens with two attached hydrogens (primary N) is 1. The van der Waals surface area contributed by atoms with Crippen molar-refractivity contribution in [3.05, 3.63) is 46.2 Å². The Morgan fingerprint density at radius 3 is 2.62 bits per heavy atom. The van der Waals surface area contributed by atoms with E-state index in [-0.39, 0.29) is 0 Å². The molecule has 4 nitrogen and oxygen atoms in total. The van der Waals surface area contributed by atoms with Gasteiger partial charge < -0.3 is 5.73 Å². The number of hydrogen-bond donors (Lipinski definition) is 1. The van der Waals surface area contributed by atoms with Gasteiger partial charge in [-0.3, -0.25) is 4.68 Å². The van der Waals surface area contributed by atoms with E-state index >= 15 is 0 Å². The number of nitrogens with zero attached hydrogens (tertiary/aromatic N) is 3. The molecule has 0 spiro atoms. The van der Waals surface area contributed by atoms with Crippen LogP contribution >= 0.6 is 15.9 Å². The molecule has 1 heterocycles. The van der Waals surface area contributed by atoms with Gasteiger partial charge in [-0.15, -0.1) is 5.10 Å². The number of halogens is 1.